The molecule has 1 amide bonds. The molecule has 2 N–H and O–H groups in total. The van der Waals surface area contributed by atoms with Crippen LogP contribution in [-0.4, -0.2) is 37.7 Å². The van der Waals surface area contributed by atoms with E-state index >= 15 is 0 Å². The third-order valence-corrected chi connectivity index (χ3v) is 2.83. The molecule has 0 bridgehead atoms. The summed E-state index contributed by atoms with van der Waals surface area (Å²) in [6, 6.07) is 0. The van der Waals surface area contributed by atoms with Gasteiger partial charge < -0.3 is 15.4 Å². The number of nitrogens with one attached hydrogen (secondary N) is 2. The van der Waals surface area contributed by atoms with Gasteiger partial charge in [-0.3, -0.25) is 4.79 Å². The Morgan fingerprint density at radius 2 is 2.40 bits per heavy atom. The van der Waals surface area contributed by atoms with E-state index < -0.39 is 0 Å². The number of hydrogen-bond acceptors (Lipinski definition) is 3. The van der Waals surface area contributed by atoms with Gasteiger partial charge >= 0.3 is 0 Å². The molecule has 0 radical (unpaired) electrons. The van der Waals surface area contributed by atoms with Crippen LogP contribution in [0.5, 0.6) is 0 Å². The molecule has 0 aromatic rings. The first kappa shape index (κ1) is 12.5. The second-order valence-electron chi connectivity index (χ2n) is 4.17. The topological polar surface area (TPSA) is 50.4 Å². The van der Waals surface area contributed by atoms with Crippen LogP contribution in [0.3, 0.4) is 0 Å². The maximum atomic E-state index is 11.8. The summed E-state index contributed by atoms with van der Waals surface area (Å²) in [6.45, 7) is 7.06. The Kier molecular flexibility index (Phi) is 5.05. The summed E-state index contributed by atoms with van der Waals surface area (Å²) in [5.74, 6) is 0.122. The molecule has 1 aliphatic heterocycles. The van der Waals surface area contributed by atoms with Crippen molar-refractivity contribution >= 4 is 5.91 Å². The van der Waals surface area contributed by atoms with Crippen molar-refractivity contribution in [1.82, 2.24) is 10.6 Å². The highest BCUT2D eigenvalue weighted by Gasteiger charge is 2.35. The zero-order chi connectivity index (χ0) is 11.1. The molecule has 4 heteroatoms. The largest absolute Gasteiger partial charge is 0.382 e. The minimum Gasteiger partial charge on any atom is -0.382 e. The highest BCUT2D eigenvalue weighted by molar-refractivity contribution is 5.86. The fourth-order valence-electron chi connectivity index (χ4n) is 1.80. The van der Waals surface area contributed by atoms with Crippen molar-refractivity contribution in [3.8, 4) is 0 Å². The average Bonchev–Trinajstić information content (AvgIpc) is 2.66. The van der Waals surface area contributed by atoms with Crippen molar-refractivity contribution in [3.63, 3.8) is 0 Å². The second-order valence-corrected chi connectivity index (χ2v) is 4.17. The maximum Gasteiger partial charge on any atom is 0.240 e. The molecule has 0 aliphatic carbocycles. The van der Waals surface area contributed by atoms with Crippen molar-refractivity contribution in [2.24, 2.45) is 0 Å². The molecule has 0 aromatic carbocycles. The van der Waals surface area contributed by atoms with E-state index in [4.69, 9.17) is 4.74 Å². The van der Waals surface area contributed by atoms with E-state index in [9.17, 15) is 4.79 Å². The summed E-state index contributed by atoms with van der Waals surface area (Å²) in [6.07, 6.45) is 2.91. The number of hydrogen-bond donors (Lipinski definition) is 2. The van der Waals surface area contributed by atoms with Gasteiger partial charge in [-0.05, 0) is 39.7 Å². The Labute approximate surface area is 91.8 Å². The van der Waals surface area contributed by atoms with Gasteiger partial charge in [-0.1, -0.05) is 0 Å². The fraction of sp³-hybridized carbons (Fsp3) is 0.909. The number of amides is 1. The molecule has 1 rings (SSSR count). The predicted octanol–water partition coefficient (Wildman–Crippen LogP) is 0.671. The number of carbonyl (C=O) groups excluding carboxylic acids is 1. The van der Waals surface area contributed by atoms with Crippen LogP contribution < -0.4 is 10.6 Å². The first-order chi connectivity index (χ1) is 7.19. The van der Waals surface area contributed by atoms with Gasteiger partial charge in [0.1, 0.15) is 0 Å². The lowest BCUT2D eigenvalue weighted by Gasteiger charge is -2.22. The molecule has 4 nitrogen and oxygen atoms in total. The number of carbonyl (C=O) groups is 1. The first-order valence-corrected chi connectivity index (χ1v) is 5.80. The van der Waals surface area contributed by atoms with E-state index in [2.05, 4.69) is 10.6 Å². The Balaban J connectivity index is 2.12. The van der Waals surface area contributed by atoms with Gasteiger partial charge in [0.05, 0.1) is 5.54 Å². The number of ether oxygens (including phenoxy) is 1. The van der Waals surface area contributed by atoms with Gasteiger partial charge in [0.25, 0.3) is 0 Å². The molecule has 0 aromatic heterocycles. The Hall–Kier alpha value is -0.610. The molecular weight excluding hydrogens is 192 g/mol. The lowest BCUT2D eigenvalue weighted by atomic mass is 9.99. The van der Waals surface area contributed by atoms with Gasteiger partial charge in [-0.2, -0.15) is 0 Å². The number of rotatable bonds is 6. The van der Waals surface area contributed by atoms with Crippen LogP contribution in [0.2, 0.25) is 0 Å². The SMILES string of the molecule is CCOCCCNC(=O)C1(C)CCCN1. The van der Waals surface area contributed by atoms with Crippen molar-refractivity contribution in [2.75, 3.05) is 26.3 Å². The zero-order valence-corrected chi connectivity index (χ0v) is 9.77. The highest BCUT2D eigenvalue weighted by atomic mass is 16.5. The fourth-order valence-corrected chi connectivity index (χ4v) is 1.80. The van der Waals surface area contributed by atoms with Gasteiger partial charge in [-0.15, -0.1) is 0 Å². The quantitative estimate of drug-likeness (QED) is 0.639. The van der Waals surface area contributed by atoms with Gasteiger partial charge in [0.15, 0.2) is 0 Å². The molecule has 1 aliphatic rings. The third-order valence-electron chi connectivity index (χ3n) is 2.83. The summed E-state index contributed by atoms with van der Waals surface area (Å²) in [4.78, 5) is 11.8. The molecule has 1 saturated heterocycles. The molecule has 88 valence electrons. The van der Waals surface area contributed by atoms with E-state index in [1.165, 1.54) is 0 Å². The molecular formula is C11H22N2O2. The lowest BCUT2D eigenvalue weighted by Crippen LogP contribution is -2.51. The van der Waals surface area contributed by atoms with Crippen molar-refractivity contribution in [3.05, 3.63) is 0 Å². The summed E-state index contributed by atoms with van der Waals surface area (Å²) in [5.41, 5.74) is -0.342. The van der Waals surface area contributed by atoms with Crippen LogP contribution in [0, 0.1) is 0 Å². The second kappa shape index (κ2) is 6.08. The van der Waals surface area contributed by atoms with Crippen LogP contribution in [0.1, 0.15) is 33.1 Å². The summed E-state index contributed by atoms with van der Waals surface area (Å²) in [7, 11) is 0. The highest BCUT2D eigenvalue weighted by Crippen LogP contribution is 2.18. The summed E-state index contributed by atoms with van der Waals surface area (Å²) in [5, 5.41) is 6.18. The van der Waals surface area contributed by atoms with E-state index in [0.29, 0.717) is 6.54 Å². The van der Waals surface area contributed by atoms with Crippen LogP contribution in [0.15, 0.2) is 0 Å². The van der Waals surface area contributed by atoms with Crippen molar-refractivity contribution < 1.29 is 9.53 Å². The van der Waals surface area contributed by atoms with Crippen LogP contribution in [0.4, 0.5) is 0 Å². The van der Waals surface area contributed by atoms with E-state index in [1.54, 1.807) is 0 Å². The van der Waals surface area contributed by atoms with Crippen LogP contribution in [0.25, 0.3) is 0 Å². The molecule has 0 spiro atoms. The predicted molar refractivity (Wildman–Crippen MR) is 59.8 cm³/mol. The third kappa shape index (κ3) is 3.80. The Morgan fingerprint density at radius 3 is 3.00 bits per heavy atom. The molecule has 15 heavy (non-hydrogen) atoms. The lowest BCUT2D eigenvalue weighted by molar-refractivity contribution is -0.126. The maximum absolute atomic E-state index is 11.8. The first-order valence-electron chi connectivity index (χ1n) is 5.80. The van der Waals surface area contributed by atoms with E-state index in [1.807, 2.05) is 13.8 Å². The Morgan fingerprint density at radius 1 is 1.60 bits per heavy atom. The van der Waals surface area contributed by atoms with Gasteiger partial charge in [0.2, 0.25) is 5.91 Å². The van der Waals surface area contributed by atoms with E-state index in [-0.39, 0.29) is 11.4 Å². The smallest absolute Gasteiger partial charge is 0.240 e. The molecule has 0 saturated carbocycles. The summed E-state index contributed by atoms with van der Waals surface area (Å²) < 4.78 is 5.20. The average molecular weight is 214 g/mol. The van der Waals surface area contributed by atoms with Crippen LogP contribution in [-0.2, 0) is 9.53 Å². The normalized spacial score (nSPS) is 25.5. The Bertz CT molecular complexity index is 201. The monoisotopic (exact) mass is 214 g/mol. The minimum absolute atomic E-state index is 0.122. The van der Waals surface area contributed by atoms with Gasteiger partial charge in [0, 0.05) is 19.8 Å². The minimum atomic E-state index is -0.342. The zero-order valence-electron chi connectivity index (χ0n) is 9.77. The van der Waals surface area contributed by atoms with Crippen LogP contribution >= 0.6 is 0 Å². The molecule has 1 unspecified atom stereocenters. The van der Waals surface area contributed by atoms with Crippen molar-refractivity contribution in [1.29, 1.82) is 0 Å². The van der Waals surface area contributed by atoms with Crippen molar-refractivity contribution in [2.45, 2.75) is 38.6 Å². The standard InChI is InChI=1S/C11H22N2O2/c1-3-15-9-5-7-12-10(14)11(2)6-4-8-13-11/h13H,3-9H2,1-2H3,(H,12,14). The summed E-state index contributed by atoms with van der Waals surface area (Å²) >= 11 is 0. The molecule has 1 fully saturated rings. The van der Waals surface area contributed by atoms with Gasteiger partial charge in [-0.25, -0.2) is 0 Å². The van der Waals surface area contributed by atoms with E-state index in [0.717, 1.165) is 39.0 Å². The molecule has 1 atom stereocenters. The molecule has 1 heterocycles.